The van der Waals surface area contributed by atoms with Crippen LogP contribution >= 0.6 is 0 Å². The number of amides is 4. The van der Waals surface area contributed by atoms with E-state index in [-0.39, 0.29) is 29.8 Å². The molecule has 3 atom stereocenters. The average molecular weight is 590 g/mol. The van der Waals surface area contributed by atoms with Gasteiger partial charge in [0.2, 0.25) is 17.7 Å². The van der Waals surface area contributed by atoms with Crippen molar-refractivity contribution in [3.05, 3.63) is 29.6 Å². The van der Waals surface area contributed by atoms with Crippen LogP contribution in [-0.4, -0.2) is 84.5 Å². The first kappa shape index (κ1) is 33.3. The molecule has 4 amide bonds. The Labute approximate surface area is 249 Å². The summed E-state index contributed by atoms with van der Waals surface area (Å²) >= 11 is 0. The smallest absolute Gasteiger partial charge is 0.408 e. The number of carbonyl (C=O) groups excluding carboxylic acids is 4. The van der Waals surface area contributed by atoms with Crippen LogP contribution in [0.1, 0.15) is 84.6 Å². The average Bonchev–Trinajstić information content (AvgIpc) is 2.94. The standard InChI is InChI=1S/C31H48FN5O5/c1-7-25(38)34-26(29(40)37-17-15-36(6)16-18-37)20(2)22-13-14-24(23(32)19-22)33-28(39)27(21-11-9-8-10-12-21)35-30(41)42-31(3,4)5/h13-14,19-21,26-27H,7-12,15-18H2,1-6H3,(H,33,39)(H,34,38)(H,35,41)/t20-,26+,27-/m0/s1. The molecule has 3 rings (SSSR count). The fourth-order valence-corrected chi connectivity index (χ4v) is 5.52. The van der Waals surface area contributed by atoms with E-state index in [0.717, 1.165) is 45.2 Å². The predicted molar refractivity (Wildman–Crippen MR) is 159 cm³/mol. The van der Waals surface area contributed by atoms with E-state index in [1.165, 1.54) is 12.1 Å². The predicted octanol–water partition coefficient (Wildman–Crippen LogP) is 4.01. The van der Waals surface area contributed by atoms with Gasteiger partial charge in [0.1, 0.15) is 23.5 Å². The molecule has 1 aromatic rings. The number of benzene rings is 1. The molecule has 0 unspecified atom stereocenters. The summed E-state index contributed by atoms with van der Waals surface area (Å²) < 4.78 is 20.8. The summed E-state index contributed by atoms with van der Waals surface area (Å²) in [4.78, 5) is 55.6. The van der Waals surface area contributed by atoms with Gasteiger partial charge in [0.25, 0.3) is 0 Å². The van der Waals surface area contributed by atoms with E-state index in [9.17, 15) is 19.2 Å². The molecule has 1 saturated carbocycles. The maximum absolute atomic E-state index is 15.4. The second kappa shape index (κ2) is 14.8. The van der Waals surface area contributed by atoms with Crippen molar-refractivity contribution in [2.24, 2.45) is 5.92 Å². The zero-order valence-electron chi connectivity index (χ0n) is 25.9. The molecular formula is C31H48FN5O5. The van der Waals surface area contributed by atoms with Gasteiger partial charge in [0, 0.05) is 38.5 Å². The Morgan fingerprint density at radius 1 is 1.02 bits per heavy atom. The van der Waals surface area contributed by atoms with Gasteiger partial charge in [0.15, 0.2) is 0 Å². The molecule has 0 spiro atoms. The van der Waals surface area contributed by atoms with Gasteiger partial charge < -0.3 is 30.5 Å². The molecule has 234 valence electrons. The highest BCUT2D eigenvalue weighted by atomic mass is 19.1. The maximum atomic E-state index is 15.4. The topological polar surface area (TPSA) is 120 Å². The second-order valence-corrected chi connectivity index (χ2v) is 12.6. The number of likely N-dealkylation sites (N-methyl/N-ethyl adjacent to an activating group) is 1. The van der Waals surface area contributed by atoms with Gasteiger partial charge in [-0.15, -0.1) is 0 Å². The molecule has 0 bridgehead atoms. The number of alkyl carbamates (subject to hydrolysis) is 1. The number of hydrogen-bond donors (Lipinski definition) is 3. The van der Waals surface area contributed by atoms with Crippen molar-refractivity contribution in [2.45, 2.75) is 96.7 Å². The number of carbonyl (C=O) groups is 4. The van der Waals surface area contributed by atoms with E-state index in [1.54, 1.807) is 45.6 Å². The quantitative estimate of drug-likeness (QED) is 0.401. The molecule has 11 heteroatoms. The molecule has 2 fully saturated rings. The molecule has 3 N–H and O–H groups in total. The lowest BCUT2D eigenvalue weighted by molar-refractivity contribution is -0.138. The first-order valence-corrected chi connectivity index (χ1v) is 15.2. The molecule has 1 aromatic carbocycles. The Hall–Kier alpha value is -3.21. The van der Waals surface area contributed by atoms with Gasteiger partial charge in [0.05, 0.1) is 5.69 Å². The third-order valence-electron chi connectivity index (χ3n) is 8.07. The third kappa shape index (κ3) is 9.40. The molecule has 1 aliphatic carbocycles. The lowest BCUT2D eigenvalue weighted by Gasteiger charge is -2.36. The molecule has 2 aliphatic rings. The molecule has 42 heavy (non-hydrogen) atoms. The van der Waals surface area contributed by atoms with E-state index in [4.69, 9.17) is 4.74 Å². The van der Waals surface area contributed by atoms with Crippen molar-refractivity contribution in [3.63, 3.8) is 0 Å². The van der Waals surface area contributed by atoms with Crippen LogP contribution in [0, 0.1) is 11.7 Å². The lowest BCUT2D eigenvalue weighted by Crippen LogP contribution is -2.55. The van der Waals surface area contributed by atoms with E-state index in [1.807, 2.05) is 7.05 Å². The zero-order chi connectivity index (χ0) is 31.0. The minimum Gasteiger partial charge on any atom is -0.444 e. The zero-order valence-corrected chi connectivity index (χ0v) is 25.9. The van der Waals surface area contributed by atoms with Crippen LogP contribution in [0.3, 0.4) is 0 Å². The van der Waals surface area contributed by atoms with Crippen LogP contribution in [0.25, 0.3) is 0 Å². The molecular weight excluding hydrogens is 541 g/mol. The summed E-state index contributed by atoms with van der Waals surface area (Å²) in [7, 11) is 1.99. The summed E-state index contributed by atoms with van der Waals surface area (Å²) in [6.45, 7) is 11.3. The fourth-order valence-electron chi connectivity index (χ4n) is 5.52. The number of hydrogen-bond acceptors (Lipinski definition) is 6. The van der Waals surface area contributed by atoms with Crippen LogP contribution in [0.15, 0.2) is 18.2 Å². The SMILES string of the molecule is CCC(=O)N[C@@H](C(=O)N1CCN(C)CC1)[C@@H](C)c1ccc(NC(=O)[C@@H](NC(=O)OC(C)(C)C)C2CCCCC2)c(F)c1. The van der Waals surface area contributed by atoms with Crippen molar-refractivity contribution in [2.75, 3.05) is 38.5 Å². The van der Waals surface area contributed by atoms with Crippen molar-refractivity contribution in [3.8, 4) is 0 Å². The van der Waals surface area contributed by atoms with Crippen molar-refractivity contribution in [1.29, 1.82) is 0 Å². The summed E-state index contributed by atoms with van der Waals surface area (Å²) in [5, 5.41) is 8.21. The van der Waals surface area contributed by atoms with E-state index in [2.05, 4.69) is 20.9 Å². The maximum Gasteiger partial charge on any atom is 0.408 e. The van der Waals surface area contributed by atoms with Gasteiger partial charge in [-0.2, -0.15) is 0 Å². The highest BCUT2D eigenvalue weighted by Crippen LogP contribution is 2.29. The molecule has 1 aliphatic heterocycles. The highest BCUT2D eigenvalue weighted by Gasteiger charge is 2.35. The Bertz CT molecular complexity index is 1110. The number of nitrogens with zero attached hydrogens (tertiary/aromatic N) is 2. The van der Waals surface area contributed by atoms with E-state index < -0.39 is 41.4 Å². The van der Waals surface area contributed by atoms with Crippen LogP contribution in [0.5, 0.6) is 0 Å². The highest BCUT2D eigenvalue weighted by molar-refractivity contribution is 5.97. The van der Waals surface area contributed by atoms with E-state index >= 15 is 4.39 Å². The van der Waals surface area contributed by atoms with Gasteiger partial charge in [-0.05, 0) is 64.3 Å². The minimum atomic E-state index is -0.868. The van der Waals surface area contributed by atoms with Crippen LogP contribution < -0.4 is 16.0 Å². The number of ether oxygens (including phenoxy) is 1. The molecule has 10 nitrogen and oxygen atoms in total. The number of rotatable bonds is 9. The number of piperazine rings is 1. The minimum absolute atomic E-state index is 0.0257. The second-order valence-electron chi connectivity index (χ2n) is 12.6. The Morgan fingerprint density at radius 2 is 1.67 bits per heavy atom. The van der Waals surface area contributed by atoms with Crippen molar-refractivity contribution in [1.82, 2.24) is 20.4 Å². The number of anilines is 1. The molecule has 0 aromatic heterocycles. The van der Waals surface area contributed by atoms with E-state index in [0.29, 0.717) is 18.7 Å². The lowest BCUT2D eigenvalue weighted by atomic mass is 9.83. The molecule has 0 radical (unpaired) electrons. The number of halogens is 1. The summed E-state index contributed by atoms with van der Waals surface area (Å²) in [5.41, 5.74) is -0.233. The van der Waals surface area contributed by atoms with Gasteiger partial charge >= 0.3 is 6.09 Å². The van der Waals surface area contributed by atoms with Gasteiger partial charge in [-0.25, -0.2) is 9.18 Å². The Kier molecular flexibility index (Phi) is 11.7. The fraction of sp³-hybridized carbons (Fsp3) is 0.677. The molecule has 1 heterocycles. The monoisotopic (exact) mass is 589 g/mol. The van der Waals surface area contributed by atoms with Crippen molar-refractivity contribution >= 4 is 29.5 Å². The van der Waals surface area contributed by atoms with Gasteiger partial charge in [-0.3, -0.25) is 14.4 Å². The van der Waals surface area contributed by atoms with Crippen LogP contribution in [0.2, 0.25) is 0 Å². The normalized spacial score (nSPS) is 18.9. The third-order valence-corrected chi connectivity index (χ3v) is 8.07. The first-order valence-electron chi connectivity index (χ1n) is 15.2. The van der Waals surface area contributed by atoms with Gasteiger partial charge in [-0.1, -0.05) is 39.2 Å². The van der Waals surface area contributed by atoms with Crippen LogP contribution in [0.4, 0.5) is 14.9 Å². The summed E-state index contributed by atoms with van der Waals surface area (Å²) in [6.07, 6.45) is 4.06. The first-order chi connectivity index (χ1) is 19.8. The Balaban J connectivity index is 1.77. The van der Waals surface area contributed by atoms with Crippen molar-refractivity contribution < 1.29 is 28.3 Å². The van der Waals surface area contributed by atoms with Crippen LogP contribution in [-0.2, 0) is 19.1 Å². The summed E-state index contributed by atoms with van der Waals surface area (Å²) in [6, 6.07) is 2.69. The molecule has 1 saturated heterocycles. The largest absolute Gasteiger partial charge is 0.444 e. The summed E-state index contributed by atoms with van der Waals surface area (Å²) in [5.74, 6) is -2.23. The number of nitrogens with one attached hydrogen (secondary N) is 3. The Morgan fingerprint density at radius 3 is 2.24 bits per heavy atom.